The van der Waals surface area contributed by atoms with Crippen LogP contribution in [0.2, 0.25) is 0 Å². The zero-order chi connectivity index (χ0) is 13.0. The Morgan fingerprint density at radius 3 is 2.22 bits per heavy atom. The summed E-state index contributed by atoms with van der Waals surface area (Å²) in [5.41, 5.74) is -0.181. The van der Waals surface area contributed by atoms with Crippen LogP contribution in [0.4, 0.5) is 0 Å². The van der Waals surface area contributed by atoms with E-state index in [2.05, 4.69) is 24.9 Å². The number of fused-ring (bicyclic) bond motifs is 1. The van der Waals surface area contributed by atoms with Crippen molar-refractivity contribution in [2.24, 2.45) is 0 Å². The molecule has 0 radical (unpaired) electrons. The number of nitrogens with one attached hydrogen (secondary N) is 4. The molecule has 0 saturated heterocycles. The van der Waals surface area contributed by atoms with Gasteiger partial charge in [0.2, 0.25) is 0 Å². The van der Waals surface area contributed by atoms with Crippen molar-refractivity contribution >= 4 is 11.2 Å². The van der Waals surface area contributed by atoms with Gasteiger partial charge in [0, 0.05) is 12.3 Å². The molecule has 0 atom stereocenters. The first-order valence-electron chi connectivity index (χ1n) is 4.81. The molecule has 0 aromatic carbocycles. The van der Waals surface area contributed by atoms with Crippen molar-refractivity contribution in [3.8, 4) is 0 Å². The van der Waals surface area contributed by atoms with E-state index in [9.17, 15) is 14.4 Å². The molecule has 3 heterocycles. The molecule has 0 aliphatic heterocycles. The summed E-state index contributed by atoms with van der Waals surface area (Å²) in [6, 6.07) is 1.24. The molecule has 0 unspecified atom stereocenters. The highest BCUT2D eigenvalue weighted by Crippen LogP contribution is 1.94. The third kappa shape index (κ3) is 2.58. The molecule has 92 valence electrons. The van der Waals surface area contributed by atoms with Gasteiger partial charge >= 0.3 is 5.69 Å². The van der Waals surface area contributed by atoms with Crippen molar-refractivity contribution in [2.45, 2.75) is 0 Å². The van der Waals surface area contributed by atoms with Gasteiger partial charge in [-0.1, -0.05) is 0 Å². The predicted octanol–water partition coefficient (Wildman–Crippen LogP) is -1.29. The Hall–Kier alpha value is -2.97. The molecule has 0 aliphatic carbocycles. The summed E-state index contributed by atoms with van der Waals surface area (Å²) in [7, 11) is 0. The van der Waals surface area contributed by atoms with E-state index in [0.29, 0.717) is 11.2 Å². The lowest BCUT2D eigenvalue weighted by molar-refractivity contribution is 1.04. The Morgan fingerprint density at radius 1 is 0.944 bits per heavy atom. The van der Waals surface area contributed by atoms with E-state index >= 15 is 0 Å². The van der Waals surface area contributed by atoms with Gasteiger partial charge in [0.25, 0.3) is 11.1 Å². The van der Waals surface area contributed by atoms with E-state index in [1.165, 1.54) is 24.9 Å². The highest BCUT2D eigenvalue weighted by molar-refractivity contribution is 5.67. The van der Waals surface area contributed by atoms with Crippen LogP contribution >= 0.6 is 0 Å². The molecule has 0 saturated carbocycles. The van der Waals surface area contributed by atoms with Crippen molar-refractivity contribution in [2.75, 3.05) is 0 Å². The summed E-state index contributed by atoms with van der Waals surface area (Å²) >= 11 is 0. The van der Waals surface area contributed by atoms with Gasteiger partial charge in [-0.25, -0.2) is 14.8 Å². The molecular formula is C9H8N6O3. The maximum atomic E-state index is 10.9. The maximum absolute atomic E-state index is 10.9. The van der Waals surface area contributed by atoms with Crippen LogP contribution < -0.4 is 16.8 Å². The summed E-state index contributed by atoms with van der Waals surface area (Å²) in [5, 5.41) is 0. The normalized spacial score (nSPS) is 9.78. The van der Waals surface area contributed by atoms with Gasteiger partial charge in [-0.15, -0.1) is 0 Å². The molecular weight excluding hydrogens is 240 g/mol. The summed E-state index contributed by atoms with van der Waals surface area (Å²) in [5.74, 6) is 0. The maximum Gasteiger partial charge on any atom is 0.325 e. The van der Waals surface area contributed by atoms with Gasteiger partial charge in [-0.2, -0.15) is 0 Å². The van der Waals surface area contributed by atoms with Gasteiger partial charge in [0.15, 0.2) is 11.2 Å². The highest BCUT2D eigenvalue weighted by Gasteiger charge is 1.97. The number of aromatic nitrogens is 6. The molecule has 3 aromatic heterocycles. The molecule has 3 aromatic rings. The molecule has 0 fully saturated rings. The Balaban J connectivity index is 0.000000138. The first kappa shape index (κ1) is 11.5. The average molecular weight is 248 g/mol. The van der Waals surface area contributed by atoms with E-state index in [0.717, 1.165) is 0 Å². The average Bonchev–Trinajstić information content (AvgIpc) is 2.79. The number of aromatic amines is 4. The lowest BCUT2D eigenvalue weighted by atomic mass is 10.6. The monoisotopic (exact) mass is 248 g/mol. The minimum atomic E-state index is -0.475. The van der Waals surface area contributed by atoms with E-state index in [1.54, 1.807) is 0 Å². The lowest BCUT2D eigenvalue weighted by Crippen LogP contribution is -2.19. The van der Waals surface area contributed by atoms with Crippen LogP contribution in [0.5, 0.6) is 0 Å². The van der Waals surface area contributed by atoms with Crippen LogP contribution in [-0.2, 0) is 0 Å². The largest absolute Gasteiger partial charge is 0.339 e. The minimum Gasteiger partial charge on any atom is -0.339 e. The van der Waals surface area contributed by atoms with Gasteiger partial charge in [0.05, 0.1) is 12.7 Å². The number of imidazole rings is 1. The third-order valence-corrected chi connectivity index (χ3v) is 1.91. The number of rotatable bonds is 0. The summed E-state index contributed by atoms with van der Waals surface area (Å²) in [6.07, 6.45) is 4.06. The third-order valence-electron chi connectivity index (χ3n) is 1.91. The van der Waals surface area contributed by atoms with Gasteiger partial charge < -0.3 is 15.0 Å². The second-order valence-corrected chi connectivity index (χ2v) is 3.13. The number of hydrogen-bond acceptors (Lipinski definition) is 5. The van der Waals surface area contributed by atoms with Crippen LogP contribution in [0.3, 0.4) is 0 Å². The molecule has 3 rings (SSSR count). The van der Waals surface area contributed by atoms with Crippen LogP contribution in [-0.4, -0.2) is 29.9 Å². The second-order valence-electron chi connectivity index (χ2n) is 3.13. The van der Waals surface area contributed by atoms with Crippen molar-refractivity contribution < 1.29 is 0 Å². The fourth-order valence-electron chi connectivity index (χ4n) is 1.16. The molecule has 0 amide bonds. The van der Waals surface area contributed by atoms with Gasteiger partial charge in [-0.05, 0) is 0 Å². The summed E-state index contributed by atoms with van der Waals surface area (Å²) in [4.78, 5) is 48.2. The number of hydrogen-bond donors (Lipinski definition) is 4. The van der Waals surface area contributed by atoms with Crippen LogP contribution in [0.25, 0.3) is 11.2 Å². The molecule has 4 N–H and O–H groups in total. The minimum absolute atomic E-state index is 0.192. The zero-order valence-electron chi connectivity index (χ0n) is 8.93. The first-order chi connectivity index (χ1) is 8.66. The van der Waals surface area contributed by atoms with Crippen LogP contribution in [0.15, 0.2) is 39.3 Å². The van der Waals surface area contributed by atoms with E-state index in [1.807, 2.05) is 4.98 Å². The molecule has 0 bridgehead atoms. The van der Waals surface area contributed by atoms with Crippen molar-refractivity contribution in [3.05, 3.63) is 56.1 Å². The first-order valence-corrected chi connectivity index (χ1v) is 4.81. The summed E-state index contributed by atoms with van der Waals surface area (Å²) in [6.45, 7) is 0. The van der Waals surface area contributed by atoms with Crippen LogP contribution in [0, 0.1) is 0 Å². The van der Waals surface area contributed by atoms with Crippen molar-refractivity contribution in [3.63, 3.8) is 0 Å². The van der Waals surface area contributed by atoms with E-state index in [4.69, 9.17) is 0 Å². The molecule has 18 heavy (non-hydrogen) atoms. The van der Waals surface area contributed by atoms with Crippen molar-refractivity contribution in [1.29, 1.82) is 0 Å². The molecule has 0 aliphatic rings. The Morgan fingerprint density at radius 2 is 1.67 bits per heavy atom. The summed E-state index contributed by atoms with van der Waals surface area (Å²) < 4.78 is 0. The smallest absolute Gasteiger partial charge is 0.325 e. The fourth-order valence-corrected chi connectivity index (χ4v) is 1.16. The highest BCUT2D eigenvalue weighted by atomic mass is 16.2. The Kier molecular flexibility index (Phi) is 3.14. The molecule has 9 nitrogen and oxygen atoms in total. The lowest BCUT2D eigenvalue weighted by Gasteiger charge is -1.81. The number of H-pyrrole nitrogens is 4. The number of nitrogens with zero attached hydrogens (tertiary/aromatic N) is 2. The second kappa shape index (κ2) is 4.91. The van der Waals surface area contributed by atoms with Gasteiger partial charge in [-0.3, -0.25) is 14.6 Å². The standard InChI is InChI=1S/C5H4N4O.C4H4N2O2/c10-5-3-4(7-1-6-3)8-2-9-5;7-3-1-2-5-4(8)6-3/h1-2H,(H2,6,7,8,9,10);1-2H,(H2,5,6,7,8). The van der Waals surface area contributed by atoms with Crippen LogP contribution in [0.1, 0.15) is 0 Å². The molecule has 0 spiro atoms. The molecule has 9 heteroatoms. The van der Waals surface area contributed by atoms with Crippen molar-refractivity contribution in [1.82, 2.24) is 29.9 Å². The van der Waals surface area contributed by atoms with E-state index in [-0.39, 0.29) is 11.1 Å². The van der Waals surface area contributed by atoms with E-state index < -0.39 is 5.69 Å². The van der Waals surface area contributed by atoms with Gasteiger partial charge in [0.1, 0.15) is 0 Å². The quantitative estimate of drug-likeness (QED) is 0.391. The Bertz CT molecular complexity index is 785. The topological polar surface area (TPSA) is 140 Å². The Labute approximate surface area is 98.0 Å². The fraction of sp³-hybridized carbons (Fsp3) is 0. The zero-order valence-corrected chi connectivity index (χ0v) is 8.93. The predicted molar refractivity (Wildman–Crippen MR) is 62.2 cm³/mol. The SMILES string of the molecule is O=c1[nH]cnc2nc[nH]c12.O=c1cc[nH]c(=O)[nH]1.